The van der Waals surface area contributed by atoms with Gasteiger partial charge in [-0.15, -0.1) is 0 Å². The Bertz CT molecular complexity index is 514. The van der Waals surface area contributed by atoms with E-state index in [4.69, 9.17) is 4.74 Å². The number of rotatable bonds is 4. The average Bonchev–Trinajstić information content (AvgIpc) is 2.68. The van der Waals surface area contributed by atoms with Gasteiger partial charge in [-0.3, -0.25) is 0 Å². The van der Waals surface area contributed by atoms with Gasteiger partial charge in [0.15, 0.2) is 0 Å². The number of fused-ring (bicyclic) bond motifs is 1. The summed E-state index contributed by atoms with van der Waals surface area (Å²) in [6.45, 7) is 4.30. The van der Waals surface area contributed by atoms with Crippen LogP contribution in [-0.2, 0) is 6.42 Å². The first-order valence-corrected chi connectivity index (χ1v) is 5.80. The second kappa shape index (κ2) is 4.41. The van der Waals surface area contributed by atoms with Gasteiger partial charge in [-0.05, 0) is 35.4 Å². The van der Waals surface area contributed by atoms with Gasteiger partial charge in [0, 0.05) is 23.9 Å². The monoisotopic (exact) mass is 233 g/mol. The second-order valence-corrected chi connectivity index (χ2v) is 5.25. The summed E-state index contributed by atoms with van der Waals surface area (Å²) < 4.78 is 5.19. The minimum atomic E-state index is -0.0923. The summed E-state index contributed by atoms with van der Waals surface area (Å²) >= 11 is 0. The fourth-order valence-electron chi connectivity index (χ4n) is 1.96. The smallest absolute Gasteiger partial charge is 0.120 e. The Morgan fingerprint density at radius 1 is 1.29 bits per heavy atom. The van der Waals surface area contributed by atoms with Crippen LogP contribution in [-0.4, -0.2) is 23.8 Å². The summed E-state index contributed by atoms with van der Waals surface area (Å²) in [5.74, 6) is 0.854. The standard InChI is InChI=1S/C14H19NO2/c1-14(2,9-16)8-11-6-10-4-5-12(17-3)7-13(10)15-11/h4-7,15-16H,8-9H2,1-3H3. The first-order valence-electron chi connectivity index (χ1n) is 5.80. The molecule has 2 aromatic rings. The van der Waals surface area contributed by atoms with E-state index in [9.17, 15) is 5.11 Å². The molecule has 17 heavy (non-hydrogen) atoms. The van der Waals surface area contributed by atoms with Crippen LogP contribution in [0.1, 0.15) is 19.5 Å². The lowest BCUT2D eigenvalue weighted by Gasteiger charge is -2.20. The highest BCUT2D eigenvalue weighted by Crippen LogP contribution is 2.25. The van der Waals surface area contributed by atoms with Crippen molar-refractivity contribution in [1.82, 2.24) is 4.98 Å². The van der Waals surface area contributed by atoms with Gasteiger partial charge < -0.3 is 14.8 Å². The van der Waals surface area contributed by atoms with Crippen LogP contribution in [0.15, 0.2) is 24.3 Å². The highest BCUT2D eigenvalue weighted by Gasteiger charge is 2.18. The van der Waals surface area contributed by atoms with Crippen LogP contribution in [0.25, 0.3) is 10.9 Å². The molecule has 0 aliphatic carbocycles. The number of H-pyrrole nitrogens is 1. The summed E-state index contributed by atoms with van der Waals surface area (Å²) in [5, 5.41) is 10.5. The maximum atomic E-state index is 9.28. The fraction of sp³-hybridized carbons (Fsp3) is 0.429. The Labute approximate surface area is 101 Å². The summed E-state index contributed by atoms with van der Waals surface area (Å²) in [4.78, 5) is 3.37. The maximum Gasteiger partial charge on any atom is 0.120 e. The van der Waals surface area contributed by atoms with Gasteiger partial charge in [-0.2, -0.15) is 0 Å². The molecule has 0 spiro atoms. The first kappa shape index (κ1) is 12.0. The molecule has 0 amide bonds. The largest absolute Gasteiger partial charge is 0.497 e. The Balaban J connectivity index is 2.31. The number of ether oxygens (including phenoxy) is 1. The number of hydrogen-bond donors (Lipinski definition) is 2. The van der Waals surface area contributed by atoms with E-state index in [0.717, 1.165) is 23.4 Å². The van der Waals surface area contributed by atoms with E-state index in [1.807, 2.05) is 18.2 Å². The fourth-order valence-corrected chi connectivity index (χ4v) is 1.96. The van der Waals surface area contributed by atoms with Gasteiger partial charge in [0.2, 0.25) is 0 Å². The van der Waals surface area contributed by atoms with Crippen molar-refractivity contribution in [3.05, 3.63) is 30.0 Å². The molecule has 1 aromatic heterocycles. The van der Waals surface area contributed by atoms with E-state index >= 15 is 0 Å². The number of methoxy groups -OCH3 is 1. The lowest BCUT2D eigenvalue weighted by atomic mass is 9.89. The molecule has 0 aliphatic rings. The van der Waals surface area contributed by atoms with E-state index in [1.54, 1.807) is 7.11 Å². The molecule has 0 saturated heterocycles. The van der Waals surface area contributed by atoms with Crippen molar-refractivity contribution in [3.8, 4) is 5.75 Å². The van der Waals surface area contributed by atoms with E-state index in [0.29, 0.717) is 0 Å². The number of aliphatic hydroxyl groups is 1. The quantitative estimate of drug-likeness (QED) is 0.853. The SMILES string of the molecule is COc1ccc2cc(CC(C)(C)CO)[nH]c2c1. The zero-order chi connectivity index (χ0) is 12.5. The topological polar surface area (TPSA) is 45.2 Å². The van der Waals surface area contributed by atoms with E-state index < -0.39 is 0 Å². The summed E-state index contributed by atoms with van der Waals surface area (Å²) in [6.07, 6.45) is 0.834. The van der Waals surface area contributed by atoms with Crippen molar-refractivity contribution in [3.63, 3.8) is 0 Å². The minimum Gasteiger partial charge on any atom is -0.497 e. The predicted molar refractivity (Wildman–Crippen MR) is 69.4 cm³/mol. The summed E-state index contributed by atoms with van der Waals surface area (Å²) in [7, 11) is 1.67. The predicted octanol–water partition coefficient (Wildman–Crippen LogP) is 2.74. The van der Waals surface area contributed by atoms with Crippen LogP contribution in [0.2, 0.25) is 0 Å². The molecule has 1 aromatic carbocycles. The Kier molecular flexibility index (Phi) is 3.11. The third-order valence-corrected chi connectivity index (χ3v) is 2.98. The van der Waals surface area contributed by atoms with Crippen molar-refractivity contribution >= 4 is 10.9 Å². The second-order valence-electron chi connectivity index (χ2n) is 5.25. The van der Waals surface area contributed by atoms with Crippen molar-refractivity contribution in [2.75, 3.05) is 13.7 Å². The lowest BCUT2D eigenvalue weighted by molar-refractivity contribution is 0.159. The zero-order valence-corrected chi connectivity index (χ0v) is 10.6. The van der Waals surface area contributed by atoms with Crippen LogP contribution in [0, 0.1) is 5.41 Å². The number of hydrogen-bond acceptors (Lipinski definition) is 2. The molecule has 3 nitrogen and oxygen atoms in total. The number of benzene rings is 1. The highest BCUT2D eigenvalue weighted by atomic mass is 16.5. The summed E-state index contributed by atoms with van der Waals surface area (Å²) in [6, 6.07) is 8.12. The lowest BCUT2D eigenvalue weighted by Crippen LogP contribution is -2.19. The molecule has 1 heterocycles. The van der Waals surface area contributed by atoms with E-state index in [2.05, 4.69) is 24.9 Å². The van der Waals surface area contributed by atoms with Gasteiger partial charge in [0.05, 0.1) is 7.11 Å². The molecular formula is C14H19NO2. The van der Waals surface area contributed by atoms with Crippen LogP contribution < -0.4 is 4.74 Å². The molecule has 0 atom stereocenters. The van der Waals surface area contributed by atoms with Gasteiger partial charge in [-0.25, -0.2) is 0 Å². The van der Waals surface area contributed by atoms with Crippen LogP contribution in [0.3, 0.4) is 0 Å². The molecule has 92 valence electrons. The summed E-state index contributed by atoms with van der Waals surface area (Å²) in [5.41, 5.74) is 2.13. The molecule has 0 fully saturated rings. The number of aliphatic hydroxyl groups excluding tert-OH is 1. The zero-order valence-electron chi connectivity index (χ0n) is 10.6. The molecule has 0 unspecified atom stereocenters. The number of aromatic amines is 1. The molecule has 2 rings (SSSR count). The molecule has 0 saturated carbocycles. The van der Waals surface area contributed by atoms with E-state index in [1.165, 1.54) is 5.39 Å². The third-order valence-electron chi connectivity index (χ3n) is 2.98. The highest BCUT2D eigenvalue weighted by molar-refractivity contribution is 5.81. The average molecular weight is 233 g/mol. The Morgan fingerprint density at radius 2 is 2.06 bits per heavy atom. The van der Waals surface area contributed by atoms with Gasteiger partial charge in [0.1, 0.15) is 5.75 Å². The van der Waals surface area contributed by atoms with Gasteiger partial charge in [0.25, 0.3) is 0 Å². The maximum absolute atomic E-state index is 9.28. The number of aromatic nitrogens is 1. The molecule has 0 bridgehead atoms. The molecule has 3 heteroatoms. The van der Waals surface area contributed by atoms with Gasteiger partial charge in [-0.1, -0.05) is 13.8 Å². The third kappa shape index (κ3) is 2.61. The first-order chi connectivity index (χ1) is 8.04. The Hall–Kier alpha value is -1.48. The molecular weight excluding hydrogens is 214 g/mol. The molecule has 2 N–H and O–H groups in total. The van der Waals surface area contributed by atoms with Crippen LogP contribution in [0.5, 0.6) is 5.75 Å². The van der Waals surface area contributed by atoms with Crippen LogP contribution >= 0.6 is 0 Å². The van der Waals surface area contributed by atoms with Crippen molar-refractivity contribution < 1.29 is 9.84 Å². The minimum absolute atomic E-state index is 0.0923. The number of nitrogens with one attached hydrogen (secondary N) is 1. The van der Waals surface area contributed by atoms with Gasteiger partial charge >= 0.3 is 0 Å². The Morgan fingerprint density at radius 3 is 2.71 bits per heavy atom. The van der Waals surface area contributed by atoms with Crippen molar-refractivity contribution in [1.29, 1.82) is 0 Å². The van der Waals surface area contributed by atoms with Crippen LogP contribution in [0.4, 0.5) is 0 Å². The molecule has 0 aliphatic heterocycles. The normalized spacial score (nSPS) is 12.0. The van der Waals surface area contributed by atoms with Crippen molar-refractivity contribution in [2.24, 2.45) is 5.41 Å². The molecule has 0 radical (unpaired) electrons. The van der Waals surface area contributed by atoms with E-state index in [-0.39, 0.29) is 12.0 Å². The van der Waals surface area contributed by atoms with Crippen molar-refractivity contribution in [2.45, 2.75) is 20.3 Å².